The number of carbonyl (C=O) groups is 2. The zero-order valence-corrected chi connectivity index (χ0v) is 23.3. The zero-order valence-electron chi connectivity index (χ0n) is 23.3. The molecule has 2 aromatic rings. The van der Waals surface area contributed by atoms with E-state index in [0.29, 0.717) is 6.04 Å². The molecule has 2 aromatic carbocycles. The Kier molecular flexibility index (Phi) is 9.49. The highest BCUT2D eigenvalue weighted by atomic mass is 19.4. The van der Waals surface area contributed by atoms with E-state index in [-0.39, 0.29) is 23.2 Å². The number of urea groups is 1. The molecule has 5 rings (SSSR count). The predicted octanol–water partition coefficient (Wildman–Crippen LogP) is 5.85. The molecular weight excluding hydrogens is 565 g/mol. The summed E-state index contributed by atoms with van der Waals surface area (Å²) < 4.78 is 70.3. The number of fused-ring (bicyclic) bond motifs is 1. The third kappa shape index (κ3) is 6.71. The van der Waals surface area contributed by atoms with Gasteiger partial charge in [-0.05, 0) is 74.9 Å². The summed E-state index contributed by atoms with van der Waals surface area (Å²) in [6.07, 6.45) is 2.23. The van der Waals surface area contributed by atoms with Crippen LogP contribution in [-0.4, -0.2) is 67.1 Å². The predicted molar refractivity (Wildman–Crippen MR) is 144 cm³/mol. The van der Waals surface area contributed by atoms with Crippen LogP contribution in [0.1, 0.15) is 50.5 Å². The Morgan fingerprint density at radius 1 is 1.00 bits per heavy atom. The molecule has 2 saturated carbocycles. The third-order valence-electron chi connectivity index (χ3n) is 8.56. The van der Waals surface area contributed by atoms with Crippen molar-refractivity contribution < 1.29 is 46.1 Å². The smallest absolute Gasteiger partial charge is 0.490 e. The van der Waals surface area contributed by atoms with Crippen molar-refractivity contribution in [1.82, 2.24) is 10.2 Å². The molecule has 3 aliphatic rings. The van der Waals surface area contributed by atoms with Crippen molar-refractivity contribution in [2.75, 3.05) is 26.1 Å². The Hall–Kier alpha value is -3.61. The maximum atomic E-state index is 14.0. The van der Waals surface area contributed by atoms with E-state index in [1.165, 1.54) is 24.8 Å². The summed E-state index contributed by atoms with van der Waals surface area (Å²) in [5, 5.41) is 12.6. The first-order chi connectivity index (χ1) is 19.9. The van der Waals surface area contributed by atoms with E-state index < -0.39 is 29.8 Å². The van der Waals surface area contributed by atoms with Crippen LogP contribution in [0.25, 0.3) is 0 Å². The van der Waals surface area contributed by atoms with E-state index in [0.717, 1.165) is 61.9 Å². The monoisotopic (exact) mass is 599 g/mol. The molecule has 0 spiro atoms. The number of rotatable bonds is 6. The number of carboxylic acid groups (broad SMARTS) is 1. The summed E-state index contributed by atoms with van der Waals surface area (Å²) in [4.78, 5) is 24.2. The Bertz CT molecular complexity index is 1290. The van der Waals surface area contributed by atoms with Crippen molar-refractivity contribution in [2.24, 2.45) is 0 Å². The maximum absolute atomic E-state index is 14.0. The minimum atomic E-state index is -5.08. The Balaban J connectivity index is 0.000000517. The fourth-order valence-electron chi connectivity index (χ4n) is 6.29. The average molecular weight is 600 g/mol. The van der Waals surface area contributed by atoms with Gasteiger partial charge in [0.05, 0.1) is 19.9 Å². The number of methoxy groups -OCH3 is 2. The minimum absolute atomic E-state index is 0.0154. The van der Waals surface area contributed by atoms with Crippen LogP contribution < -0.4 is 20.1 Å². The van der Waals surface area contributed by atoms with Gasteiger partial charge in [0.2, 0.25) is 0 Å². The van der Waals surface area contributed by atoms with Crippen LogP contribution in [0, 0.1) is 11.6 Å². The molecule has 0 unspecified atom stereocenters. The highest BCUT2D eigenvalue weighted by Gasteiger charge is 2.53. The number of carboxylic acids is 1. The van der Waals surface area contributed by atoms with Crippen LogP contribution in [0.2, 0.25) is 0 Å². The van der Waals surface area contributed by atoms with Gasteiger partial charge in [-0.3, -0.25) is 4.90 Å². The fourth-order valence-corrected chi connectivity index (χ4v) is 6.29. The Morgan fingerprint density at radius 3 is 2.29 bits per heavy atom. The molecule has 2 aliphatic carbocycles. The number of benzene rings is 2. The second kappa shape index (κ2) is 12.7. The molecule has 8 nitrogen and oxygen atoms in total. The van der Waals surface area contributed by atoms with Crippen molar-refractivity contribution in [1.29, 1.82) is 0 Å². The van der Waals surface area contributed by atoms with Crippen molar-refractivity contribution in [3.63, 3.8) is 0 Å². The van der Waals surface area contributed by atoms with Gasteiger partial charge in [0, 0.05) is 29.6 Å². The van der Waals surface area contributed by atoms with E-state index in [1.54, 1.807) is 14.2 Å². The van der Waals surface area contributed by atoms with E-state index in [9.17, 15) is 26.7 Å². The normalized spacial score (nSPS) is 24.0. The van der Waals surface area contributed by atoms with E-state index in [1.807, 2.05) is 6.07 Å². The van der Waals surface area contributed by atoms with Gasteiger partial charge in [0.15, 0.2) is 11.5 Å². The van der Waals surface area contributed by atoms with E-state index in [4.69, 9.17) is 19.4 Å². The number of hydrogen-bond donors (Lipinski definition) is 3. The summed E-state index contributed by atoms with van der Waals surface area (Å²) in [5.41, 5.74) is 1.08. The number of likely N-dealkylation sites (tertiary alicyclic amines) is 1. The summed E-state index contributed by atoms with van der Waals surface area (Å²) >= 11 is 0. The van der Waals surface area contributed by atoms with Crippen LogP contribution in [0.5, 0.6) is 11.5 Å². The molecule has 13 heteroatoms. The van der Waals surface area contributed by atoms with Crippen molar-refractivity contribution in [3.05, 3.63) is 53.6 Å². The van der Waals surface area contributed by atoms with Gasteiger partial charge in [-0.25, -0.2) is 18.4 Å². The molecule has 0 radical (unpaired) electrons. The first kappa shape index (κ1) is 31.3. The molecule has 0 bridgehead atoms. The SMILES string of the molecule is COc1ccc([C@@]23CC[C@@H](NC(=O)Nc4cc(F)ccc4F)C[C@@H]2N(C2CCC2)CC3)cc1OC.O=C(O)C(F)(F)F. The van der Waals surface area contributed by atoms with Gasteiger partial charge in [-0.1, -0.05) is 12.5 Å². The quantitative estimate of drug-likeness (QED) is 0.360. The van der Waals surface area contributed by atoms with Gasteiger partial charge >= 0.3 is 18.2 Å². The molecule has 1 aliphatic heterocycles. The fraction of sp³-hybridized carbons (Fsp3) is 0.517. The number of ether oxygens (including phenoxy) is 2. The number of alkyl halides is 3. The van der Waals surface area contributed by atoms with Crippen LogP contribution >= 0.6 is 0 Å². The van der Waals surface area contributed by atoms with E-state index >= 15 is 0 Å². The molecule has 3 N–H and O–H groups in total. The summed E-state index contributed by atoms with van der Waals surface area (Å²) in [6.45, 7) is 1.04. The first-order valence-corrected chi connectivity index (χ1v) is 13.7. The number of nitrogens with zero attached hydrogens (tertiary/aromatic N) is 1. The van der Waals surface area contributed by atoms with E-state index in [2.05, 4.69) is 27.7 Å². The Morgan fingerprint density at radius 2 is 1.69 bits per heavy atom. The van der Waals surface area contributed by atoms with Crippen molar-refractivity contribution in [2.45, 2.75) is 74.7 Å². The largest absolute Gasteiger partial charge is 0.493 e. The molecule has 0 aromatic heterocycles. The third-order valence-corrected chi connectivity index (χ3v) is 8.56. The number of amides is 2. The van der Waals surface area contributed by atoms with Crippen LogP contribution in [0.4, 0.5) is 32.4 Å². The van der Waals surface area contributed by atoms with Crippen LogP contribution in [-0.2, 0) is 10.2 Å². The van der Waals surface area contributed by atoms with Crippen LogP contribution in [0.3, 0.4) is 0 Å². The average Bonchev–Trinajstić information content (AvgIpc) is 3.28. The number of carbonyl (C=O) groups excluding carboxylic acids is 1. The van der Waals surface area contributed by atoms with Gasteiger partial charge in [0.25, 0.3) is 0 Å². The second-order valence-electron chi connectivity index (χ2n) is 10.8. The second-order valence-corrected chi connectivity index (χ2v) is 10.8. The zero-order chi connectivity index (χ0) is 30.7. The van der Waals surface area contributed by atoms with Gasteiger partial charge in [0.1, 0.15) is 11.6 Å². The molecule has 42 heavy (non-hydrogen) atoms. The highest BCUT2D eigenvalue weighted by Crippen LogP contribution is 2.52. The number of anilines is 1. The van der Waals surface area contributed by atoms with Gasteiger partial charge in [-0.2, -0.15) is 13.2 Å². The molecule has 3 fully saturated rings. The number of aliphatic carboxylic acids is 1. The van der Waals surface area contributed by atoms with Crippen molar-refractivity contribution >= 4 is 17.7 Å². The molecule has 2 amide bonds. The van der Waals surface area contributed by atoms with Gasteiger partial charge in [-0.15, -0.1) is 0 Å². The lowest BCUT2D eigenvalue weighted by molar-refractivity contribution is -0.192. The highest BCUT2D eigenvalue weighted by molar-refractivity contribution is 5.89. The van der Waals surface area contributed by atoms with Crippen molar-refractivity contribution in [3.8, 4) is 11.5 Å². The molecular formula is C29H34F5N3O5. The molecule has 230 valence electrons. The number of hydrogen-bond acceptors (Lipinski definition) is 5. The standard InChI is InChI=1S/C27H33F2N3O3.C2HF3O2/c1-34-23-9-6-17(14-24(23)35-2)27-11-10-19(16-25(27)32(13-12-27)20-4-3-5-20)30-26(33)31-22-15-18(28)7-8-21(22)29;3-2(4,5)1(6)7/h6-9,14-15,19-20,25H,3-5,10-13,16H2,1-2H3,(H2,30,31,33);(H,6,7)/t19-,25+,27+;/m1./s1. The molecule has 1 heterocycles. The first-order valence-electron chi connectivity index (χ1n) is 13.7. The topological polar surface area (TPSA) is 100 Å². The summed E-state index contributed by atoms with van der Waals surface area (Å²) in [5.74, 6) is -2.56. The van der Waals surface area contributed by atoms with Gasteiger partial charge < -0.3 is 25.2 Å². The van der Waals surface area contributed by atoms with Crippen LogP contribution in [0.15, 0.2) is 36.4 Å². The maximum Gasteiger partial charge on any atom is 0.490 e. The molecule has 1 saturated heterocycles. The Labute approximate surface area is 240 Å². The lowest BCUT2D eigenvalue weighted by Gasteiger charge is -2.48. The number of nitrogens with one attached hydrogen (secondary N) is 2. The summed E-state index contributed by atoms with van der Waals surface area (Å²) in [7, 11) is 3.30. The molecule has 3 atom stereocenters. The lowest BCUT2D eigenvalue weighted by Crippen LogP contribution is -2.55. The summed E-state index contributed by atoms with van der Waals surface area (Å²) in [6, 6.07) is 9.61. The minimum Gasteiger partial charge on any atom is -0.493 e. The number of halogens is 5. The lowest BCUT2D eigenvalue weighted by atomic mass is 9.64.